The third-order valence-electron chi connectivity index (χ3n) is 5.93. The molecule has 30 heavy (non-hydrogen) atoms. The third-order valence-corrected chi connectivity index (χ3v) is 6.25. The van der Waals surface area contributed by atoms with E-state index < -0.39 is 0 Å². The number of ketones is 1. The van der Waals surface area contributed by atoms with Gasteiger partial charge in [0.25, 0.3) is 0 Å². The monoisotopic (exact) mass is 422 g/mol. The minimum Gasteiger partial charge on any atom is -0.359 e. The van der Waals surface area contributed by atoms with Crippen molar-refractivity contribution in [2.45, 2.75) is 0 Å². The molecule has 0 unspecified atom stereocenters. The van der Waals surface area contributed by atoms with Gasteiger partial charge in [-0.15, -0.1) is 0 Å². The minimum atomic E-state index is -0.111. The third kappa shape index (κ3) is 3.62. The topological polar surface area (TPSA) is 55.0 Å². The van der Waals surface area contributed by atoms with E-state index in [1.54, 1.807) is 0 Å². The van der Waals surface area contributed by atoms with E-state index >= 15 is 0 Å². The zero-order valence-electron chi connectivity index (χ0n) is 17.2. The molecule has 0 amide bonds. The van der Waals surface area contributed by atoms with Crippen LogP contribution < -0.4 is 19.6 Å². The molecule has 1 saturated heterocycles. The van der Waals surface area contributed by atoms with E-state index in [0.29, 0.717) is 12.4 Å². The molecule has 4 rings (SSSR count). The highest BCUT2D eigenvalue weighted by Gasteiger charge is 2.33. The predicted octanol–water partition coefficient (Wildman–Crippen LogP) is 1.94. The number of carbonyl (C=O) groups is 1. The van der Waals surface area contributed by atoms with Crippen LogP contribution in [-0.2, 0) is 4.79 Å². The van der Waals surface area contributed by atoms with Crippen LogP contribution in [0.4, 0.5) is 17.1 Å². The number of nitriles is 1. The molecule has 0 aromatic heterocycles. The number of rotatable bonds is 4. The van der Waals surface area contributed by atoms with E-state index in [0.717, 1.165) is 48.3 Å². The number of piperazine rings is 1. The van der Waals surface area contributed by atoms with Crippen molar-refractivity contribution >= 4 is 34.4 Å². The van der Waals surface area contributed by atoms with E-state index in [1.165, 1.54) is 4.90 Å². The zero-order chi connectivity index (χ0) is 21.3. The van der Waals surface area contributed by atoms with Crippen molar-refractivity contribution in [1.82, 2.24) is 0 Å². The second-order valence-corrected chi connectivity index (χ2v) is 8.11. The van der Waals surface area contributed by atoms with Gasteiger partial charge in [-0.2, -0.15) is 5.26 Å². The maximum atomic E-state index is 13.1. The number of nitrogens with zero attached hydrogens (tertiary/aromatic N) is 4. The fourth-order valence-electron chi connectivity index (χ4n) is 4.32. The van der Waals surface area contributed by atoms with Gasteiger partial charge in [-0.1, -0.05) is 35.9 Å². The van der Waals surface area contributed by atoms with Gasteiger partial charge < -0.3 is 19.6 Å². The average Bonchev–Trinajstić information content (AvgIpc) is 3.01. The molecule has 2 aromatic carbocycles. The number of carbonyl (C=O) groups excluding carboxylic acids is 1. The Morgan fingerprint density at radius 1 is 1.00 bits per heavy atom. The molecule has 0 saturated carbocycles. The number of anilines is 3. The Hall–Kier alpha value is -3.01. The molecule has 0 spiro atoms. The van der Waals surface area contributed by atoms with Crippen molar-refractivity contribution in [3.05, 3.63) is 64.9 Å². The molecule has 2 aromatic rings. The van der Waals surface area contributed by atoms with E-state index in [2.05, 4.69) is 11.0 Å². The van der Waals surface area contributed by atoms with Gasteiger partial charge in [0.05, 0.1) is 48.3 Å². The first-order valence-electron chi connectivity index (χ1n) is 10.1. The standard InChI is InChI=1S/C23H24ClN5O/c1-26-20-9-5-6-10-21(20)27(2)23(26)17(15-25)22(30)16-28-11-13-29(14-12-28)19-8-4-3-7-18(19)24/h3-10H,11-14,16H2,1-2H3/p+1. The van der Waals surface area contributed by atoms with E-state index in [1.807, 2.05) is 72.4 Å². The first-order chi connectivity index (χ1) is 14.5. The summed E-state index contributed by atoms with van der Waals surface area (Å²) in [6, 6.07) is 17.9. The van der Waals surface area contributed by atoms with E-state index in [4.69, 9.17) is 11.6 Å². The summed E-state index contributed by atoms with van der Waals surface area (Å²) in [7, 11) is 3.80. The molecule has 2 heterocycles. The Morgan fingerprint density at radius 3 is 2.07 bits per heavy atom. The average molecular weight is 423 g/mol. The Labute approximate surface area is 182 Å². The highest BCUT2D eigenvalue weighted by Crippen LogP contribution is 2.40. The number of hydrogen-bond donors (Lipinski definition) is 1. The number of Topliss-reactive ketones (excluding diaryl/α,β-unsaturated/α-hetero) is 1. The van der Waals surface area contributed by atoms with Gasteiger partial charge in [0.2, 0.25) is 5.78 Å². The molecule has 6 nitrogen and oxygen atoms in total. The van der Waals surface area contributed by atoms with Crippen LogP contribution in [0, 0.1) is 11.3 Å². The van der Waals surface area contributed by atoms with Crippen molar-refractivity contribution in [3.63, 3.8) is 0 Å². The number of nitrogens with one attached hydrogen (secondary N) is 1. The molecule has 2 aliphatic rings. The van der Waals surface area contributed by atoms with Crippen LogP contribution in [0.15, 0.2) is 59.9 Å². The number of benzene rings is 2. The Morgan fingerprint density at radius 2 is 1.53 bits per heavy atom. The maximum Gasteiger partial charge on any atom is 0.231 e. The minimum absolute atomic E-state index is 0.111. The van der Waals surface area contributed by atoms with E-state index in [-0.39, 0.29) is 11.4 Å². The van der Waals surface area contributed by atoms with Gasteiger partial charge in [0, 0.05) is 14.1 Å². The molecule has 1 fully saturated rings. The van der Waals surface area contributed by atoms with Gasteiger partial charge in [-0.3, -0.25) is 4.79 Å². The van der Waals surface area contributed by atoms with Crippen LogP contribution in [0.25, 0.3) is 0 Å². The smallest absolute Gasteiger partial charge is 0.231 e. The summed E-state index contributed by atoms with van der Waals surface area (Å²) in [6.45, 7) is 3.64. The molecule has 0 atom stereocenters. The summed E-state index contributed by atoms with van der Waals surface area (Å²) in [5.41, 5.74) is 3.25. The summed E-state index contributed by atoms with van der Waals surface area (Å²) >= 11 is 6.32. The van der Waals surface area contributed by atoms with Crippen molar-refractivity contribution in [2.75, 3.05) is 61.5 Å². The molecule has 7 heteroatoms. The molecule has 0 radical (unpaired) electrons. The number of halogens is 1. The van der Waals surface area contributed by atoms with Crippen LogP contribution in [-0.4, -0.2) is 52.6 Å². The quantitative estimate of drug-likeness (QED) is 0.602. The van der Waals surface area contributed by atoms with Crippen LogP contribution in [0.3, 0.4) is 0 Å². The van der Waals surface area contributed by atoms with Crippen LogP contribution in [0.2, 0.25) is 5.02 Å². The normalized spacial score (nSPS) is 16.5. The lowest BCUT2D eigenvalue weighted by molar-refractivity contribution is -0.892. The van der Waals surface area contributed by atoms with Gasteiger partial charge in [0.15, 0.2) is 0 Å². The summed E-state index contributed by atoms with van der Waals surface area (Å²) in [5, 5.41) is 10.6. The largest absolute Gasteiger partial charge is 0.359 e. The van der Waals surface area contributed by atoms with Crippen molar-refractivity contribution in [3.8, 4) is 6.07 Å². The Balaban J connectivity index is 1.46. The van der Waals surface area contributed by atoms with Crippen LogP contribution in [0.1, 0.15) is 0 Å². The molecule has 1 N–H and O–H groups in total. The van der Waals surface area contributed by atoms with Crippen molar-refractivity contribution < 1.29 is 9.69 Å². The van der Waals surface area contributed by atoms with E-state index in [9.17, 15) is 10.1 Å². The van der Waals surface area contributed by atoms with Gasteiger partial charge in [-0.25, -0.2) is 0 Å². The molecule has 2 aliphatic heterocycles. The predicted molar refractivity (Wildman–Crippen MR) is 120 cm³/mol. The molecular weight excluding hydrogens is 398 g/mol. The summed E-state index contributed by atoms with van der Waals surface area (Å²) < 4.78 is 0. The summed E-state index contributed by atoms with van der Waals surface area (Å²) in [4.78, 5) is 20.4. The highest BCUT2D eigenvalue weighted by atomic mass is 35.5. The molecule has 154 valence electrons. The maximum absolute atomic E-state index is 13.1. The second kappa shape index (κ2) is 8.39. The second-order valence-electron chi connectivity index (χ2n) is 7.71. The lowest BCUT2D eigenvalue weighted by Crippen LogP contribution is -3.15. The number of fused-ring (bicyclic) bond motifs is 1. The first-order valence-corrected chi connectivity index (χ1v) is 10.5. The molecule has 0 aliphatic carbocycles. The van der Waals surface area contributed by atoms with Gasteiger partial charge in [-0.05, 0) is 24.3 Å². The van der Waals surface area contributed by atoms with Crippen LogP contribution >= 0.6 is 11.6 Å². The number of quaternary nitrogens is 1. The SMILES string of the molecule is CN1C(=C(C#N)C(=O)C[NH+]2CCN(c3ccccc3Cl)CC2)N(C)c2ccccc21. The summed E-state index contributed by atoms with van der Waals surface area (Å²) in [6.07, 6.45) is 0. The zero-order valence-corrected chi connectivity index (χ0v) is 18.0. The number of para-hydroxylation sites is 3. The molecule has 0 bridgehead atoms. The van der Waals surface area contributed by atoms with Gasteiger partial charge >= 0.3 is 0 Å². The van der Waals surface area contributed by atoms with Crippen molar-refractivity contribution in [1.29, 1.82) is 5.26 Å². The summed E-state index contributed by atoms with van der Waals surface area (Å²) in [5.74, 6) is 0.540. The number of hydrogen-bond acceptors (Lipinski definition) is 5. The lowest BCUT2D eigenvalue weighted by Gasteiger charge is -2.33. The first kappa shape index (κ1) is 20.3. The molecular formula is C23H25ClN5O+. The fraction of sp³-hybridized carbons (Fsp3) is 0.304. The highest BCUT2D eigenvalue weighted by molar-refractivity contribution is 6.33. The van der Waals surface area contributed by atoms with Crippen molar-refractivity contribution in [2.24, 2.45) is 0 Å². The Bertz CT molecular complexity index is 1000. The van der Waals surface area contributed by atoms with Gasteiger partial charge in [0.1, 0.15) is 24.0 Å². The van der Waals surface area contributed by atoms with Crippen LogP contribution in [0.5, 0.6) is 0 Å². The lowest BCUT2D eigenvalue weighted by atomic mass is 10.1. The fourth-order valence-corrected chi connectivity index (χ4v) is 4.58. The Kier molecular flexibility index (Phi) is 5.67.